The van der Waals surface area contributed by atoms with Gasteiger partial charge >= 0.3 is 0 Å². The largest absolute Gasteiger partial charge is 0.376 e. The van der Waals surface area contributed by atoms with Crippen LogP contribution < -0.4 is 4.90 Å². The molecule has 0 spiro atoms. The number of aryl methyl sites for hydroxylation is 3. The third-order valence-corrected chi connectivity index (χ3v) is 5.88. The van der Waals surface area contributed by atoms with Crippen LogP contribution in [0.3, 0.4) is 0 Å². The summed E-state index contributed by atoms with van der Waals surface area (Å²) in [4.78, 5) is 19.6. The molecule has 1 unspecified atom stereocenters. The molecule has 1 atom stereocenters. The number of amides is 1. The fourth-order valence-electron chi connectivity index (χ4n) is 3.21. The zero-order valence-electron chi connectivity index (χ0n) is 15.1. The average molecular weight is 371 g/mol. The molecule has 1 aliphatic rings. The number of anilines is 1. The molecule has 0 saturated carbocycles. The second-order valence-corrected chi connectivity index (χ2v) is 7.72. The number of aromatic nitrogens is 2. The first-order valence-corrected chi connectivity index (χ1v) is 9.58. The summed E-state index contributed by atoms with van der Waals surface area (Å²) in [7, 11) is 0. The summed E-state index contributed by atoms with van der Waals surface area (Å²) in [5, 5.41) is 4.57. The Balaban J connectivity index is 1.75. The van der Waals surface area contributed by atoms with Gasteiger partial charge in [-0.15, -0.1) is 0 Å². The molecule has 7 heteroatoms. The Morgan fingerprint density at radius 2 is 2.12 bits per heavy atom. The Kier molecular flexibility index (Phi) is 4.50. The van der Waals surface area contributed by atoms with Crippen LogP contribution in [0.5, 0.6) is 0 Å². The lowest BCUT2D eigenvalue weighted by atomic mass is 10.1. The molecule has 3 aromatic rings. The second kappa shape index (κ2) is 6.81. The van der Waals surface area contributed by atoms with Gasteiger partial charge in [0.05, 0.1) is 22.9 Å². The number of nitrogens with zero attached hydrogens (tertiary/aromatic N) is 3. The number of fused-ring (bicyclic) bond motifs is 1. The van der Waals surface area contributed by atoms with Crippen molar-refractivity contribution >= 4 is 32.6 Å². The standard InChI is InChI=1S/C19H21N3O3S/c1-11-6-7-12(2)17-16(11)20-19(26-17)22(10-14-5-4-8-24-14)18(23)15-9-13(3)25-21-15/h6-7,9,14H,4-5,8,10H2,1-3H3. The summed E-state index contributed by atoms with van der Waals surface area (Å²) >= 11 is 1.54. The van der Waals surface area contributed by atoms with Crippen molar-refractivity contribution in [3.05, 3.63) is 40.8 Å². The third-order valence-electron chi connectivity index (χ3n) is 4.66. The van der Waals surface area contributed by atoms with E-state index in [4.69, 9.17) is 14.2 Å². The number of hydrogen-bond donors (Lipinski definition) is 0. The van der Waals surface area contributed by atoms with E-state index in [0.717, 1.165) is 40.8 Å². The van der Waals surface area contributed by atoms with E-state index in [-0.39, 0.29) is 12.0 Å². The van der Waals surface area contributed by atoms with Crippen molar-refractivity contribution in [2.45, 2.75) is 39.7 Å². The summed E-state index contributed by atoms with van der Waals surface area (Å²) in [6, 6.07) is 5.82. The highest BCUT2D eigenvalue weighted by molar-refractivity contribution is 7.22. The molecule has 26 heavy (non-hydrogen) atoms. The van der Waals surface area contributed by atoms with Gasteiger partial charge in [0, 0.05) is 12.7 Å². The topological polar surface area (TPSA) is 68.5 Å². The molecule has 1 aromatic carbocycles. The van der Waals surface area contributed by atoms with E-state index in [1.807, 2.05) is 6.92 Å². The third kappa shape index (κ3) is 3.12. The van der Waals surface area contributed by atoms with Crippen molar-refractivity contribution in [1.82, 2.24) is 10.1 Å². The van der Waals surface area contributed by atoms with Crippen LogP contribution >= 0.6 is 11.3 Å². The van der Waals surface area contributed by atoms with Crippen LogP contribution in [0.25, 0.3) is 10.2 Å². The Morgan fingerprint density at radius 1 is 1.31 bits per heavy atom. The van der Waals surface area contributed by atoms with Crippen molar-refractivity contribution in [3.63, 3.8) is 0 Å². The molecule has 0 aliphatic carbocycles. The Labute approximate surface area is 155 Å². The highest BCUT2D eigenvalue weighted by Crippen LogP contribution is 2.34. The molecule has 1 fully saturated rings. The van der Waals surface area contributed by atoms with Crippen LogP contribution in [0.1, 0.15) is 40.2 Å². The monoisotopic (exact) mass is 371 g/mol. The molecule has 4 rings (SSSR count). The number of ether oxygens (including phenoxy) is 1. The van der Waals surface area contributed by atoms with Crippen LogP contribution in [0.2, 0.25) is 0 Å². The van der Waals surface area contributed by atoms with Crippen LogP contribution in [0.15, 0.2) is 22.7 Å². The summed E-state index contributed by atoms with van der Waals surface area (Å²) in [5.74, 6) is 0.410. The van der Waals surface area contributed by atoms with Gasteiger partial charge in [0.1, 0.15) is 5.76 Å². The van der Waals surface area contributed by atoms with Gasteiger partial charge in [-0.3, -0.25) is 9.69 Å². The molecular weight excluding hydrogens is 350 g/mol. The Morgan fingerprint density at radius 3 is 2.77 bits per heavy atom. The van der Waals surface area contributed by atoms with Crippen LogP contribution in [0, 0.1) is 20.8 Å². The average Bonchev–Trinajstić information content (AvgIpc) is 3.35. The molecule has 1 saturated heterocycles. The van der Waals surface area contributed by atoms with Crippen molar-refractivity contribution in [1.29, 1.82) is 0 Å². The Hall–Kier alpha value is -2.25. The summed E-state index contributed by atoms with van der Waals surface area (Å²) in [6.45, 7) is 7.10. The molecule has 6 nitrogen and oxygen atoms in total. The van der Waals surface area contributed by atoms with E-state index in [2.05, 4.69) is 24.2 Å². The zero-order chi connectivity index (χ0) is 18.3. The summed E-state index contributed by atoms with van der Waals surface area (Å²) in [6.07, 6.45) is 2.00. The van der Waals surface area contributed by atoms with E-state index in [1.54, 1.807) is 17.9 Å². The maximum Gasteiger partial charge on any atom is 0.282 e. The number of carbonyl (C=O) groups excluding carboxylic acids is 1. The number of carbonyl (C=O) groups is 1. The highest BCUT2D eigenvalue weighted by atomic mass is 32.1. The highest BCUT2D eigenvalue weighted by Gasteiger charge is 2.29. The molecule has 3 heterocycles. The number of hydrogen-bond acceptors (Lipinski definition) is 6. The van der Waals surface area contributed by atoms with Gasteiger partial charge in [-0.25, -0.2) is 4.98 Å². The van der Waals surface area contributed by atoms with Gasteiger partial charge in [0.25, 0.3) is 5.91 Å². The first-order valence-electron chi connectivity index (χ1n) is 8.76. The van der Waals surface area contributed by atoms with E-state index in [0.29, 0.717) is 23.1 Å². The van der Waals surface area contributed by atoms with Gasteiger partial charge in [-0.2, -0.15) is 0 Å². The SMILES string of the molecule is Cc1cc(C(=O)N(CC2CCCO2)c2nc3c(C)ccc(C)c3s2)no1. The van der Waals surface area contributed by atoms with Crippen LogP contribution in [-0.2, 0) is 4.74 Å². The van der Waals surface area contributed by atoms with Crippen molar-refractivity contribution in [2.24, 2.45) is 0 Å². The van der Waals surface area contributed by atoms with Crippen LogP contribution in [0.4, 0.5) is 5.13 Å². The molecule has 1 aliphatic heterocycles. The number of thiazole rings is 1. The molecular formula is C19H21N3O3S. The molecule has 0 N–H and O–H groups in total. The van der Waals surface area contributed by atoms with E-state index >= 15 is 0 Å². The number of rotatable bonds is 4. The predicted molar refractivity (Wildman–Crippen MR) is 101 cm³/mol. The van der Waals surface area contributed by atoms with Gasteiger partial charge in [-0.1, -0.05) is 28.6 Å². The lowest BCUT2D eigenvalue weighted by molar-refractivity contribution is 0.0910. The minimum absolute atomic E-state index is 0.0288. The predicted octanol–water partition coefficient (Wildman–Crippen LogP) is 4.04. The van der Waals surface area contributed by atoms with Crippen LogP contribution in [-0.4, -0.2) is 35.3 Å². The summed E-state index contributed by atoms with van der Waals surface area (Å²) < 4.78 is 12.0. The minimum atomic E-state index is -0.202. The lowest BCUT2D eigenvalue weighted by Crippen LogP contribution is -2.37. The van der Waals surface area contributed by atoms with Crippen molar-refractivity contribution < 1.29 is 14.1 Å². The maximum atomic E-state index is 13.1. The minimum Gasteiger partial charge on any atom is -0.376 e. The molecule has 1 amide bonds. The lowest BCUT2D eigenvalue weighted by Gasteiger charge is -2.21. The molecule has 0 radical (unpaired) electrons. The van der Waals surface area contributed by atoms with Gasteiger partial charge in [-0.05, 0) is 44.7 Å². The quantitative estimate of drug-likeness (QED) is 0.692. The Bertz CT molecular complexity index is 917. The van der Waals surface area contributed by atoms with E-state index < -0.39 is 0 Å². The van der Waals surface area contributed by atoms with Crippen molar-refractivity contribution in [3.8, 4) is 0 Å². The summed E-state index contributed by atoms with van der Waals surface area (Å²) in [5.41, 5.74) is 3.52. The smallest absolute Gasteiger partial charge is 0.282 e. The van der Waals surface area contributed by atoms with Gasteiger partial charge in [0.2, 0.25) is 0 Å². The zero-order valence-corrected chi connectivity index (χ0v) is 15.9. The van der Waals surface area contributed by atoms with E-state index in [9.17, 15) is 4.79 Å². The molecule has 136 valence electrons. The maximum absolute atomic E-state index is 13.1. The normalized spacial score (nSPS) is 17.1. The van der Waals surface area contributed by atoms with E-state index in [1.165, 1.54) is 11.3 Å². The fraction of sp³-hybridized carbons (Fsp3) is 0.421. The number of benzene rings is 1. The van der Waals surface area contributed by atoms with Gasteiger partial charge in [0.15, 0.2) is 10.8 Å². The first kappa shape index (κ1) is 17.2. The molecule has 0 bridgehead atoms. The molecule has 2 aromatic heterocycles. The fourth-order valence-corrected chi connectivity index (χ4v) is 4.33. The first-order chi connectivity index (χ1) is 12.5. The van der Waals surface area contributed by atoms with Crippen molar-refractivity contribution in [2.75, 3.05) is 18.1 Å². The second-order valence-electron chi connectivity index (χ2n) is 6.75. The van der Waals surface area contributed by atoms with Gasteiger partial charge < -0.3 is 9.26 Å².